The maximum atomic E-state index is 14.5. The second-order valence-electron chi connectivity index (χ2n) is 20.0. The predicted molar refractivity (Wildman–Crippen MR) is 248 cm³/mol. The first kappa shape index (κ1) is 47.9. The topological polar surface area (TPSA) is 136 Å². The van der Waals surface area contributed by atoms with Crippen LogP contribution >= 0.6 is 0 Å². The summed E-state index contributed by atoms with van der Waals surface area (Å²) in [5, 5.41) is 0. The van der Waals surface area contributed by atoms with Crippen LogP contribution in [0, 0.1) is 13.8 Å². The zero-order valence-electron chi connectivity index (χ0n) is 39.9. The Balaban J connectivity index is 1.85. The van der Waals surface area contributed by atoms with Gasteiger partial charge in [-0.05, 0) is 74.1 Å². The van der Waals surface area contributed by atoms with Gasteiger partial charge in [-0.2, -0.15) is 0 Å². The van der Waals surface area contributed by atoms with Crippen molar-refractivity contribution in [1.82, 2.24) is 19.9 Å². The Morgan fingerprint density at radius 2 is 1.29 bits per heavy atom. The number of nitrogens with one attached hydrogen (secondary N) is 2. The minimum atomic E-state index is -0.523. The van der Waals surface area contributed by atoms with E-state index in [1.54, 1.807) is 0 Å². The maximum absolute atomic E-state index is 14.5. The van der Waals surface area contributed by atoms with Crippen LogP contribution in [-0.4, -0.2) is 154 Å². The number of allylic oxidation sites excluding steroid dienone is 1. The van der Waals surface area contributed by atoms with Gasteiger partial charge in [0.05, 0.1) is 92.5 Å². The predicted octanol–water partition coefficient (Wildman–Crippen LogP) is 7.03. The number of hydrogen-bond acceptors (Lipinski definition) is 8. The van der Waals surface area contributed by atoms with Crippen LogP contribution in [0.25, 0.3) is 39.3 Å². The Bertz CT molecular complexity index is 2400. The normalized spacial score (nSPS) is 15.8. The molecule has 8 bridgehead atoms. The number of aromatic amines is 2. The number of nitrogens with zero attached hydrogens (tertiary/aromatic N) is 5. The molecule has 2 N–H and O–H groups in total. The Kier molecular flexibility index (Phi) is 14.8. The van der Waals surface area contributed by atoms with Gasteiger partial charge in [0, 0.05) is 57.1 Å². The Labute approximate surface area is 368 Å². The summed E-state index contributed by atoms with van der Waals surface area (Å²) in [4.78, 5) is 59.8. The van der Waals surface area contributed by atoms with Gasteiger partial charge in [0.2, 0.25) is 0 Å². The molecule has 0 saturated carbocycles. The molecule has 2 atom stereocenters. The standard InChI is InChI=1S/C49H71N7O6/c1-16-34-30(3)38-27-40-32(5)36(18-19-44(57)60-23-20-54(7,8)9)47(52-40)37(26-45(58)61-24-21-55(10,11)12)48-46(49(59)62-25-22-56(13,14)15)33(6)41(53-48)29-43-35(17-2)31(4)39(51-43)28-42(34)50-38/h16,27-29,32,36H,1,17-26H2,2-15H3,(H-,50,51,52,53,59)/q+2/p+1/t32-,36-/m0/s1. The summed E-state index contributed by atoms with van der Waals surface area (Å²) in [5.41, 5.74) is 11.5. The number of esters is 3. The number of carbonyl (C=O) groups excluding carboxylic acids is 3. The van der Waals surface area contributed by atoms with E-state index in [0.29, 0.717) is 74.3 Å². The molecular formula is C49H72N7O6+3. The van der Waals surface area contributed by atoms with Crippen molar-refractivity contribution >= 4 is 57.2 Å². The molecule has 2 aliphatic heterocycles. The van der Waals surface area contributed by atoms with E-state index in [9.17, 15) is 14.4 Å². The Hall–Kier alpha value is -5.11. The molecule has 2 aliphatic rings. The van der Waals surface area contributed by atoms with Crippen molar-refractivity contribution in [2.24, 2.45) is 0 Å². The van der Waals surface area contributed by atoms with E-state index in [0.717, 1.165) is 56.4 Å². The van der Waals surface area contributed by atoms with Gasteiger partial charge in [-0.25, -0.2) is 9.78 Å². The number of hydrogen-bond donors (Lipinski definition) is 2. The van der Waals surface area contributed by atoms with Gasteiger partial charge in [0.15, 0.2) is 0 Å². The lowest BCUT2D eigenvalue weighted by Gasteiger charge is -2.24. The molecule has 13 nitrogen and oxygen atoms in total. The molecular weight excluding hydrogens is 783 g/mol. The van der Waals surface area contributed by atoms with Crippen LogP contribution in [0.3, 0.4) is 0 Å². The lowest BCUT2D eigenvalue weighted by Crippen LogP contribution is -2.38. The van der Waals surface area contributed by atoms with Gasteiger partial charge in [-0.3, -0.25) is 14.6 Å². The van der Waals surface area contributed by atoms with Gasteiger partial charge < -0.3 is 37.6 Å². The number of aryl methyl sites for hydroxylation is 3. The van der Waals surface area contributed by atoms with Crippen LogP contribution in [-0.2, 0) is 41.4 Å². The van der Waals surface area contributed by atoms with Crippen LogP contribution in [0.15, 0.2) is 24.8 Å². The molecule has 336 valence electrons. The molecule has 0 saturated heterocycles. The molecule has 3 aromatic rings. The van der Waals surface area contributed by atoms with E-state index < -0.39 is 11.9 Å². The number of rotatable bonds is 17. The van der Waals surface area contributed by atoms with Gasteiger partial charge in [0.25, 0.3) is 0 Å². The number of carbonyl (C=O) groups is 3. The monoisotopic (exact) mass is 855 g/mol. The number of quaternary nitrogens is 3. The number of likely N-dealkylation sites (N-methyl/N-ethyl adjacent to an activating group) is 3. The van der Waals surface area contributed by atoms with Crippen molar-refractivity contribution in [3.05, 3.63) is 75.4 Å². The quantitative estimate of drug-likeness (QED) is 0.0841. The molecule has 5 rings (SSSR count). The SMILES string of the molecule is C=Cc1c(C)c2cc3nc(c(CC(=O)OCC[N+](C)(C)C)c4nc(cc5[nH]c(cc1[nH]2)c(C)c5CC)C(C)=C4C(=O)OCC[N+](C)(C)C)[C@@H](CCC(=O)OCC[N+](C)(C)C)[C@@H]3C. The summed E-state index contributed by atoms with van der Waals surface area (Å²) in [6, 6.07) is 6.16. The fraction of sp³-hybridized carbons (Fsp3) is 0.531. The second kappa shape index (κ2) is 19.1. The third-order valence-corrected chi connectivity index (χ3v) is 12.0. The van der Waals surface area contributed by atoms with E-state index in [1.807, 2.05) is 61.4 Å². The highest BCUT2D eigenvalue weighted by Crippen LogP contribution is 2.44. The largest absolute Gasteiger partial charge is 0.460 e. The molecule has 0 fully saturated rings. The summed E-state index contributed by atoms with van der Waals surface area (Å²) in [7, 11) is 18.4. The highest BCUT2D eigenvalue weighted by molar-refractivity contribution is 6.25. The molecule has 0 unspecified atom stereocenters. The zero-order valence-corrected chi connectivity index (χ0v) is 39.9. The van der Waals surface area contributed by atoms with E-state index in [2.05, 4.69) is 77.5 Å². The molecule has 62 heavy (non-hydrogen) atoms. The minimum absolute atomic E-state index is 0.140. The van der Waals surface area contributed by atoms with Crippen molar-refractivity contribution in [2.45, 2.75) is 72.1 Å². The summed E-state index contributed by atoms with van der Waals surface area (Å²) < 4.78 is 19.5. The molecule has 0 aromatic carbocycles. The number of aromatic nitrogens is 4. The molecule has 0 aliphatic carbocycles. The zero-order chi connectivity index (χ0) is 45.9. The molecule has 13 heteroatoms. The average molecular weight is 855 g/mol. The smallest absolute Gasteiger partial charge is 0.340 e. The number of ether oxygens (including phenoxy) is 3. The summed E-state index contributed by atoms with van der Waals surface area (Å²) in [5.74, 6) is -1.80. The average Bonchev–Trinajstić information content (AvgIpc) is 3.84. The first-order valence-corrected chi connectivity index (χ1v) is 21.9. The van der Waals surface area contributed by atoms with Crippen LogP contribution in [0.4, 0.5) is 0 Å². The van der Waals surface area contributed by atoms with Gasteiger partial charge in [-0.15, -0.1) is 0 Å². The van der Waals surface area contributed by atoms with Crippen molar-refractivity contribution in [1.29, 1.82) is 0 Å². The fourth-order valence-electron chi connectivity index (χ4n) is 7.98. The Morgan fingerprint density at radius 3 is 1.87 bits per heavy atom. The van der Waals surface area contributed by atoms with E-state index >= 15 is 0 Å². The highest BCUT2D eigenvalue weighted by atomic mass is 16.5. The molecule has 3 aromatic heterocycles. The maximum Gasteiger partial charge on any atom is 0.340 e. The molecule has 0 amide bonds. The van der Waals surface area contributed by atoms with Gasteiger partial charge in [0.1, 0.15) is 39.5 Å². The lowest BCUT2D eigenvalue weighted by molar-refractivity contribution is -0.870. The highest BCUT2D eigenvalue weighted by Gasteiger charge is 2.36. The molecule has 0 spiro atoms. The van der Waals surface area contributed by atoms with Crippen LogP contribution < -0.4 is 0 Å². The molecule has 0 radical (unpaired) electrons. The fourth-order valence-corrected chi connectivity index (χ4v) is 7.98. The second-order valence-corrected chi connectivity index (χ2v) is 20.0. The van der Waals surface area contributed by atoms with Crippen LogP contribution in [0.2, 0.25) is 0 Å². The van der Waals surface area contributed by atoms with Crippen molar-refractivity contribution in [3.8, 4) is 0 Å². The van der Waals surface area contributed by atoms with E-state index in [4.69, 9.17) is 24.2 Å². The van der Waals surface area contributed by atoms with E-state index in [1.165, 1.54) is 0 Å². The number of H-pyrrole nitrogens is 2. The number of fused-ring (bicyclic) bond motifs is 8. The summed E-state index contributed by atoms with van der Waals surface area (Å²) in [6.07, 6.45) is 2.97. The van der Waals surface area contributed by atoms with E-state index in [-0.39, 0.29) is 49.4 Å². The molecule has 5 heterocycles. The first-order chi connectivity index (χ1) is 28.9. The van der Waals surface area contributed by atoms with Gasteiger partial charge >= 0.3 is 17.9 Å². The third-order valence-electron chi connectivity index (χ3n) is 12.0. The minimum Gasteiger partial charge on any atom is -0.460 e. The van der Waals surface area contributed by atoms with Crippen molar-refractivity contribution in [2.75, 3.05) is 103 Å². The first-order valence-electron chi connectivity index (χ1n) is 21.9. The van der Waals surface area contributed by atoms with Gasteiger partial charge in [-0.1, -0.05) is 26.5 Å². The lowest BCUT2D eigenvalue weighted by atomic mass is 9.84. The Morgan fingerprint density at radius 1 is 0.726 bits per heavy atom. The summed E-state index contributed by atoms with van der Waals surface area (Å²) >= 11 is 0. The van der Waals surface area contributed by atoms with Crippen LogP contribution in [0.1, 0.15) is 96.0 Å². The third kappa shape index (κ3) is 11.7. The van der Waals surface area contributed by atoms with Crippen LogP contribution in [0.5, 0.6) is 0 Å². The van der Waals surface area contributed by atoms with Crippen molar-refractivity contribution < 1.29 is 42.0 Å². The van der Waals surface area contributed by atoms with Crippen molar-refractivity contribution in [3.63, 3.8) is 0 Å². The summed E-state index contributed by atoms with van der Waals surface area (Å²) in [6.45, 7) is 17.0.